The highest BCUT2D eigenvalue weighted by atomic mass is 35.5. The molecule has 0 radical (unpaired) electrons. The van der Waals surface area contributed by atoms with Gasteiger partial charge >= 0.3 is 0 Å². The highest BCUT2D eigenvalue weighted by Crippen LogP contribution is 2.32. The van der Waals surface area contributed by atoms with Gasteiger partial charge in [0.25, 0.3) is 10.0 Å². The van der Waals surface area contributed by atoms with Crippen LogP contribution in [0.25, 0.3) is 0 Å². The monoisotopic (exact) mass is 504 g/mol. The summed E-state index contributed by atoms with van der Waals surface area (Å²) >= 11 is 12.3. The number of nitrogens with zero attached hydrogens (tertiary/aromatic N) is 1. The number of anilines is 1. The fourth-order valence-corrected chi connectivity index (χ4v) is 5.67. The Kier molecular flexibility index (Phi) is 7.73. The number of amides is 1. The van der Waals surface area contributed by atoms with Crippen LogP contribution in [-0.2, 0) is 14.8 Å². The van der Waals surface area contributed by atoms with E-state index in [-0.39, 0.29) is 21.6 Å². The molecule has 5 nitrogen and oxygen atoms in total. The molecule has 0 aromatic heterocycles. The number of halogens is 2. The second-order valence-corrected chi connectivity index (χ2v) is 10.7. The molecule has 3 aromatic rings. The van der Waals surface area contributed by atoms with Gasteiger partial charge in [0, 0.05) is 5.02 Å². The second-order valence-electron chi connectivity index (χ2n) is 8.00. The van der Waals surface area contributed by atoms with E-state index in [1.807, 2.05) is 33.8 Å². The number of sulfonamides is 1. The van der Waals surface area contributed by atoms with E-state index >= 15 is 0 Å². The van der Waals surface area contributed by atoms with E-state index in [0.717, 1.165) is 21.0 Å². The number of hydrogen-bond donors (Lipinski definition) is 1. The largest absolute Gasteiger partial charge is 0.348 e. The van der Waals surface area contributed by atoms with Gasteiger partial charge in [0.15, 0.2) is 0 Å². The fraction of sp³-hybridized carbons (Fsp3) is 0.240. The molecule has 1 unspecified atom stereocenters. The van der Waals surface area contributed by atoms with Crippen molar-refractivity contribution < 1.29 is 13.2 Å². The average Bonchev–Trinajstić information content (AvgIpc) is 2.75. The highest BCUT2D eigenvalue weighted by molar-refractivity contribution is 7.92. The van der Waals surface area contributed by atoms with E-state index in [4.69, 9.17) is 23.2 Å². The van der Waals surface area contributed by atoms with Crippen LogP contribution in [0.2, 0.25) is 10.0 Å². The molecule has 0 heterocycles. The summed E-state index contributed by atoms with van der Waals surface area (Å²) in [7, 11) is -4.06. The van der Waals surface area contributed by atoms with E-state index < -0.39 is 22.5 Å². The van der Waals surface area contributed by atoms with Gasteiger partial charge in [-0.25, -0.2) is 8.42 Å². The normalized spacial score (nSPS) is 12.3. The van der Waals surface area contributed by atoms with E-state index in [1.54, 1.807) is 18.2 Å². The van der Waals surface area contributed by atoms with E-state index in [1.165, 1.54) is 35.9 Å². The predicted octanol–water partition coefficient (Wildman–Crippen LogP) is 5.99. The van der Waals surface area contributed by atoms with Gasteiger partial charge in [0.2, 0.25) is 5.91 Å². The molecule has 0 saturated heterocycles. The van der Waals surface area contributed by atoms with Gasteiger partial charge in [-0.05, 0) is 80.3 Å². The van der Waals surface area contributed by atoms with Crippen LogP contribution < -0.4 is 9.62 Å². The minimum atomic E-state index is -4.06. The van der Waals surface area contributed by atoms with Gasteiger partial charge in [-0.3, -0.25) is 9.10 Å². The quantitative estimate of drug-likeness (QED) is 0.429. The first-order chi connectivity index (χ1) is 15.5. The number of carbonyl (C=O) groups is 1. The Morgan fingerprint density at radius 2 is 1.58 bits per heavy atom. The zero-order valence-corrected chi connectivity index (χ0v) is 21.2. The Morgan fingerprint density at radius 1 is 0.939 bits per heavy atom. The van der Waals surface area contributed by atoms with Crippen molar-refractivity contribution in [2.24, 2.45) is 0 Å². The molecule has 0 aliphatic carbocycles. The SMILES string of the molecule is Cc1cc(C)c(C(C)NC(=O)CN(c2ccc(Cl)cc2Cl)S(=O)(=O)c2ccccc2)cc1C. The van der Waals surface area contributed by atoms with Crippen LogP contribution in [-0.4, -0.2) is 20.9 Å². The molecule has 0 aliphatic heterocycles. The third-order valence-electron chi connectivity index (χ3n) is 5.52. The minimum Gasteiger partial charge on any atom is -0.348 e. The van der Waals surface area contributed by atoms with Gasteiger partial charge in [-0.1, -0.05) is 53.5 Å². The lowest BCUT2D eigenvalue weighted by Gasteiger charge is -2.26. The number of hydrogen-bond acceptors (Lipinski definition) is 3. The van der Waals surface area contributed by atoms with E-state index in [0.29, 0.717) is 5.02 Å². The first kappa shape index (κ1) is 25.1. The van der Waals surface area contributed by atoms with Crippen molar-refractivity contribution in [3.8, 4) is 0 Å². The topological polar surface area (TPSA) is 66.5 Å². The maximum Gasteiger partial charge on any atom is 0.264 e. The van der Waals surface area contributed by atoms with Gasteiger partial charge in [0.1, 0.15) is 6.54 Å². The van der Waals surface area contributed by atoms with Crippen molar-refractivity contribution >= 4 is 44.8 Å². The summed E-state index contributed by atoms with van der Waals surface area (Å²) < 4.78 is 27.9. The zero-order valence-electron chi connectivity index (χ0n) is 18.9. The Hall–Kier alpha value is -2.54. The molecule has 1 atom stereocenters. The van der Waals surface area contributed by atoms with Crippen LogP contribution >= 0.6 is 23.2 Å². The Balaban J connectivity index is 1.93. The fourth-order valence-electron chi connectivity index (χ4n) is 3.65. The number of aryl methyl sites for hydroxylation is 3. The van der Waals surface area contributed by atoms with Crippen molar-refractivity contribution in [2.45, 2.75) is 38.6 Å². The van der Waals surface area contributed by atoms with E-state index in [9.17, 15) is 13.2 Å². The first-order valence-corrected chi connectivity index (χ1v) is 12.6. The summed E-state index contributed by atoms with van der Waals surface area (Å²) in [4.78, 5) is 13.1. The second kappa shape index (κ2) is 10.2. The smallest absolute Gasteiger partial charge is 0.264 e. The summed E-state index contributed by atoms with van der Waals surface area (Å²) in [6, 6.07) is 16.2. The summed E-state index contributed by atoms with van der Waals surface area (Å²) in [5, 5.41) is 3.42. The number of nitrogens with one attached hydrogen (secondary N) is 1. The molecule has 0 fully saturated rings. The first-order valence-electron chi connectivity index (χ1n) is 10.4. The average molecular weight is 505 g/mol. The Labute approximate surface area is 205 Å². The molecule has 1 N–H and O–H groups in total. The Morgan fingerprint density at radius 3 is 2.21 bits per heavy atom. The molecule has 0 saturated carbocycles. The molecule has 3 aromatic carbocycles. The maximum atomic E-state index is 13.5. The summed E-state index contributed by atoms with van der Waals surface area (Å²) in [6.45, 7) is 7.48. The molecular weight excluding hydrogens is 479 g/mol. The van der Waals surface area contributed by atoms with Crippen LogP contribution in [0.3, 0.4) is 0 Å². The van der Waals surface area contributed by atoms with Crippen LogP contribution in [0, 0.1) is 20.8 Å². The predicted molar refractivity (Wildman–Crippen MR) is 135 cm³/mol. The van der Waals surface area contributed by atoms with Gasteiger partial charge < -0.3 is 5.32 Å². The number of rotatable bonds is 7. The van der Waals surface area contributed by atoms with Crippen LogP contribution in [0.15, 0.2) is 65.6 Å². The summed E-state index contributed by atoms with van der Waals surface area (Å²) in [5.74, 6) is -0.453. The molecule has 3 rings (SSSR count). The molecule has 8 heteroatoms. The van der Waals surface area contributed by atoms with Crippen molar-refractivity contribution in [1.29, 1.82) is 0 Å². The lowest BCUT2D eigenvalue weighted by atomic mass is 9.96. The zero-order chi connectivity index (χ0) is 24.3. The molecule has 33 heavy (non-hydrogen) atoms. The maximum absolute atomic E-state index is 13.5. The molecule has 0 spiro atoms. The van der Waals surface area contributed by atoms with Crippen LogP contribution in [0.5, 0.6) is 0 Å². The minimum absolute atomic E-state index is 0.0573. The van der Waals surface area contributed by atoms with Gasteiger partial charge in [-0.15, -0.1) is 0 Å². The van der Waals surface area contributed by atoms with Crippen molar-refractivity contribution in [3.05, 3.63) is 93.0 Å². The molecular formula is C25H26Cl2N2O3S. The van der Waals surface area contributed by atoms with Crippen LogP contribution in [0.4, 0.5) is 5.69 Å². The van der Waals surface area contributed by atoms with Crippen molar-refractivity contribution in [3.63, 3.8) is 0 Å². The lowest BCUT2D eigenvalue weighted by molar-refractivity contribution is -0.120. The molecule has 1 amide bonds. The molecule has 0 bridgehead atoms. The standard InChI is InChI=1S/C25H26Cl2N2O3S/c1-16-12-18(3)22(13-17(16)2)19(4)28-25(30)15-29(24-11-10-20(26)14-23(24)27)33(31,32)21-8-6-5-7-9-21/h5-14,19H,15H2,1-4H3,(H,28,30). The number of benzene rings is 3. The third-order valence-corrected chi connectivity index (χ3v) is 7.83. The highest BCUT2D eigenvalue weighted by Gasteiger charge is 2.29. The van der Waals surface area contributed by atoms with Crippen molar-refractivity contribution in [2.75, 3.05) is 10.8 Å². The third kappa shape index (κ3) is 5.69. The van der Waals surface area contributed by atoms with E-state index in [2.05, 4.69) is 11.4 Å². The number of carbonyl (C=O) groups excluding carboxylic acids is 1. The molecule has 174 valence electrons. The van der Waals surface area contributed by atoms with Gasteiger partial charge in [0.05, 0.1) is 21.6 Å². The Bertz CT molecular complexity index is 1280. The lowest BCUT2D eigenvalue weighted by Crippen LogP contribution is -2.41. The molecule has 0 aliphatic rings. The summed E-state index contributed by atoms with van der Waals surface area (Å²) in [5.41, 5.74) is 4.51. The summed E-state index contributed by atoms with van der Waals surface area (Å²) in [6.07, 6.45) is 0. The van der Waals surface area contributed by atoms with Gasteiger partial charge in [-0.2, -0.15) is 0 Å². The van der Waals surface area contributed by atoms with Crippen molar-refractivity contribution in [1.82, 2.24) is 5.32 Å². The van der Waals surface area contributed by atoms with Crippen LogP contribution in [0.1, 0.15) is 35.2 Å².